The van der Waals surface area contributed by atoms with Crippen molar-refractivity contribution in [3.8, 4) is 17.2 Å². The molecule has 1 aliphatic rings. The Morgan fingerprint density at radius 3 is 2.13 bits per heavy atom. The maximum Gasteiger partial charge on any atom is 0.203 e. The molecule has 1 fully saturated rings. The van der Waals surface area contributed by atoms with Gasteiger partial charge in [-0.2, -0.15) is 0 Å². The first-order chi connectivity index (χ1) is 15.0. The fourth-order valence-corrected chi connectivity index (χ4v) is 3.71. The molecule has 1 aliphatic heterocycles. The van der Waals surface area contributed by atoms with E-state index in [0.29, 0.717) is 23.7 Å². The van der Waals surface area contributed by atoms with Crippen LogP contribution < -0.4 is 19.1 Å². The highest BCUT2D eigenvalue weighted by Crippen LogP contribution is 2.38. The first kappa shape index (κ1) is 22.9. The van der Waals surface area contributed by atoms with Crippen molar-refractivity contribution in [2.24, 2.45) is 0 Å². The monoisotopic (exact) mass is 430 g/mol. The number of halogens is 1. The molecular formula is C24H31FN2O4. The third-order valence-electron chi connectivity index (χ3n) is 5.50. The van der Waals surface area contributed by atoms with Gasteiger partial charge in [-0.3, -0.25) is 4.90 Å². The number of aliphatic hydroxyl groups excluding tert-OH is 1. The van der Waals surface area contributed by atoms with Crippen molar-refractivity contribution in [3.63, 3.8) is 0 Å². The second kappa shape index (κ2) is 11.0. The maximum absolute atomic E-state index is 13.1. The lowest BCUT2D eigenvalue weighted by Gasteiger charge is -2.36. The third kappa shape index (κ3) is 6.12. The number of ether oxygens (including phenoxy) is 3. The van der Waals surface area contributed by atoms with Crippen LogP contribution in [0.3, 0.4) is 0 Å². The lowest BCUT2D eigenvalue weighted by Crippen LogP contribution is -2.47. The zero-order valence-corrected chi connectivity index (χ0v) is 18.4. The second-order valence-corrected chi connectivity index (χ2v) is 7.48. The van der Waals surface area contributed by atoms with Crippen LogP contribution in [0.5, 0.6) is 17.2 Å². The van der Waals surface area contributed by atoms with Gasteiger partial charge in [0.05, 0.1) is 27.4 Å². The summed E-state index contributed by atoms with van der Waals surface area (Å²) in [6.45, 7) is 4.44. The van der Waals surface area contributed by atoms with E-state index in [0.717, 1.165) is 44.0 Å². The molecule has 1 atom stereocenters. The molecule has 2 aromatic carbocycles. The minimum absolute atomic E-state index is 0.212. The Balaban J connectivity index is 1.49. The molecule has 0 aliphatic carbocycles. The van der Waals surface area contributed by atoms with Gasteiger partial charge in [-0.05, 0) is 48.4 Å². The number of rotatable bonds is 9. The molecule has 1 unspecified atom stereocenters. The Labute approximate surface area is 183 Å². The molecule has 2 aromatic rings. The topological polar surface area (TPSA) is 54.4 Å². The molecule has 6 nitrogen and oxygen atoms in total. The smallest absolute Gasteiger partial charge is 0.203 e. The van der Waals surface area contributed by atoms with Crippen molar-refractivity contribution in [1.82, 2.24) is 4.90 Å². The Kier molecular flexibility index (Phi) is 8.14. The van der Waals surface area contributed by atoms with Crippen LogP contribution in [0.2, 0.25) is 0 Å². The van der Waals surface area contributed by atoms with Gasteiger partial charge in [-0.15, -0.1) is 0 Å². The van der Waals surface area contributed by atoms with E-state index < -0.39 is 6.10 Å². The summed E-state index contributed by atoms with van der Waals surface area (Å²) in [5.74, 6) is 1.49. The van der Waals surface area contributed by atoms with E-state index in [-0.39, 0.29) is 5.82 Å². The Bertz CT molecular complexity index is 839. The van der Waals surface area contributed by atoms with Gasteiger partial charge in [-0.1, -0.05) is 12.2 Å². The average Bonchev–Trinajstić information content (AvgIpc) is 2.81. The molecule has 168 valence electrons. The summed E-state index contributed by atoms with van der Waals surface area (Å²) in [6, 6.07) is 10.3. The quantitative estimate of drug-likeness (QED) is 0.658. The van der Waals surface area contributed by atoms with Gasteiger partial charge in [0.2, 0.25) is 5.75 Å². The molecule has 1 saturated heterocycles. The Morgan fingerprint density at radius 1 is 0.968 bits per heavy atom. The van der Waals surface area contributed by atoms with Gasteiger partial charge in [0, 0.05) is 38.4 Å². The van der Waals surface area contributed by atoms with Crippen molar-refractivity contribution in [2.75, 3.05) is 59.0 Å². The van der Waals surface area contributed by atoms with E-state index in [1.54, 1.807) is 27.4 Å². The van der Waals surface area contributed by atoms with Crippen LogP contribution in [-0.2, 0) is 0 Å². The van der Waals surface area contributed by atoms with Gasteiger partial charge in [0.25, 0.3) is 0 Å². The van der Waals surface area contributed by atoms with Crippen LogP contribution in [-0.4, -0.2) is 70.2 Å². The first-order valence-electron chi connectivity index (χ1n) is 10.4. The molecule has 0 saturated carbocycles. The largest absolute Gasteiger partial charge is 0.493 e. The number of benzene rings is 2. The minimum atomic E-state index is -0.547. The average molecular weight is 431 g/mol. The zero-order valence-electron chi connectivity index (χ0n) is 18.4. The number of anilines is 1. The number of hydrogen-bond donors (Lipinski definition) is 1. The van der Waals surface area contributed by atoms with Crippen LogP contribution >= 0.6 is 0 Å². The molecular weight excluding hydrogens is 399 g/mol. The summed E-state index contributed by atoms with van der Waals surface area (Å²) in [5, 5.41) is 10.4. The molecule has 0 amide bonds. The summed E-state index contributed by atoms with van der Waals surface area (Å²) >= 11 is 0. The van der Waals surface area contributed by atoms with E-state index in [2.05, 4.69) is 9.80 Å². The van der Waals surface area contributed by atoms with E-state index in [9.17, 15) is 9.50 Å². The van der Waals surface area contributed by atoms with Crippen LogP contribution in [0.15, 0.2) is 42.5 Å². The summed E-state index contributed by atoms with van der Waals surface area (Å²) in [5.41, 5.74) is 1.91. The first-order valence-corrected chi connectivity index (χ1v) is 10.4. The normalized spacial score (nSPS) is 15.8. The van der Waals surface area contributed by atoms with Crippen molar-refractivity contribution in [1.29, 1.82) is 0 Å². The fourth-order valence-electron chi connectivity index (χ4n) is 3.71. The molecule has 0 spiro atoms. The Hall–Kier alpha value is -2.77. The van der Waals surface area contributed by atoms with Crippen molar-refractivity contribution >= 4 is 11.8 Å². The van der Waals surface area contributed by atoms with Crippen molar-refractivity contribution in [2.45, 2.75) is 12.5 Å². The van der Waals surface area contributed by atoms with Crippen molar-refractivity contribution < 1.29 is 23.7 Å². The summed E-state index contributed by atoms with van der Waals surface area (Å²) in [4.78, 5) is 4.60. The molecule has 0 aromatic heterocycles. The molecule has 31 heavy (non-hydrogen) atoms. The van der Waals surface area contributed by atoms with Gasteiger partial charge in [-0.25, -0.2) is 4.39 Å². The van der Waals surface area contributed by atoms with Crippen LogP contribution in [0.25, 0.3) is 6.08 Å². The van der Waals surface area contributed by atoms with Crippen LogP contribution in [0.4, 0.5) is 10.1 Å². The van der Waals surface area contributed by atoms with Crippen LogP contribution in [0.1, 0.15) is 12.0 Å². The zero-order chi connectivity index (χ0) is 22.2. The standard InChI is InChI=1S/C24H31FN2O4/c1-29-22-16-18(17-23(30-2)24(22)31-3)4-9-21(28)10-11-26-12-14-27(15-13-26)20-7-5-19(25)6-8-20/h4-9,16-17,21,28H,10-15H2,1-3H3. The third-order valence-corrected chi connectivity index (χ3v) is 5.50. The predicted molar refractivity (Wildman–Crippen MR) is 121 cm³/mol. The summed E-state index contributed by atoms with van der Waals surface area (Å²) < 4.78 is 29.2. The lowest BCUT2D eigenvalue weighted by atomic mass is 10.1. The predicted octanol–water partition coefficient (Wildman–Crippen LogP) is 3.44. The highest BCUT2D eigenvalue weighted by Gasteiger charge is 2.18. The van der Waals surface area contributed by atoms with E-state index in [1.807, 2.05) is 30.3 Å². The SMILES string of the molecule is COc1cc(C=CC(O)CCN2CCN(c3ccc(F)cc3)CC2)cc(OC)c1OC. The maximum atomic E-state index is 13.1. The number of hydrogen-bond acceptors (Lipinski definition) is 6. The van der Waals surface area contributed by atoms with E-state index in [4.69, 9.17) is 14.2 Å². The lowest BCUT2D eigenvalue weighted by molar-refractivity contribution is 0.174. The fraction of sp³-hybridized carbons (Fsp3) is 0.417. The number of nitrogens with zero attached hydrogens (tertiary/aromatic N) is 2. The van der Waals surface area contributed by atoms with Crippen LogP contribution in [0, 0.1) is 5.82 Å². The summed E-state index contributed by atoms with van der Waals surface area (Å²) in [7, 11) is 4.73. The van der Waals surface area contributed by atoms with E-state index in [1.165, 1.54) is 12.1 Å². The second-order valence-electron chi connectivity index (χ2n) is 7.48. The van der Waals surface area contributed by atoms with Gasteiger partial charge in [0.15, 0.2) is 11.5 Å². The molecule has 3 rings (SSSR count). The molecule has 1 heterocycles. The Morgan fingerprint density at radius 2 is 1.58 bits per heavy atom. The molecule has 7 heteroatoms. The van der Waals surface area contributed by atoms with Crippen molar-refractivity contribution in [3.05, 3.63) is 53.9 Å². The number of aliphatic hydroxyl groups is 1. The number of methoxy groups -OCH3 is 3. The van der Waals surface area contributed by atoms with Gasteiger partial charge >= 0.3 is 0 Å². The summed E-state index contributed by atoms with van der Waals surface area (Å²) in [6.07, 6.45) is 3.75. The minimum Gasteiger partial charge on any atom is -0.493 e. The van der Waals surface area contributed by atoms with Gasteiger partial charge in [0.1, 0.15) is 5.82 Å². The molecule has 0 bridgehead atoms. The van der Waals surface area contributed by atoms with Gasteiger partial charge < -0.3 is 24.2 Å². The molecule has 1 N–H and O–H groups in total. The number of piperazine rings is 1. The van der Waals surface area contributed by atoms with E-state index >= 15 is 0 Å². The highest BCUT2D eigenvalue weighted by molar-refractivity contribution is 5.62. The molecule has 0 radical (unpaired) electrons. The highest BCUT2D eigenvalue weighted by atomic mass is 19.1.